The maximum atomic E-state index is 2.38. The fraction of sp³-hybridized carbons (Fsp3) is 0.250. The zero-order valence-electron chi connectivity index (χ0n) is 25.7. The molecule has 0 aromatic heterocycles. The number of nitrogens with zero attached hydrogens (tertiary/aromatic N) is 2. The van der Waals surface area contributed by atoms with Crippen molar-refractivity contribution < 1.29 is 0 Å². The molecule has 0 saturated carbocycles. The molecule has 0 radical (unpaired) electrons. The van der Waals surface area contributed by atoms with Gasteiger partial charge in [-0.2, -0.15) is 0 Å². The number of benzene rings is 5. The summed E-state index contributed by atoms with van der Waals surface area (Å²) < 4.78 is 0. The molecular formula is C40H44N2. The van der Waals surface area contributed by atoms with Gasteiger partial charge in [-0.15, -0.1) is 0 Å². The maximum absolute atomic E-state index is 2.38. The van der Waals surface area contributed by atoms with Crippen LogP contribution in [0.1, 0.15) is 61.8 Å². The number of unbranched alkanes of at least 4 members (excludes halogenated alkanes) is 2. The number of hydrogen-bond acceptors (Lipinski definition) is 2. The molecule has 0 spiro atoms. The molecular weight excluding hydrogens is 508 g/mol. The fourth-order valence-electron chi connectivity index (χ4n) is 5.62. The average molecular weight is 553 g/mol. The van der Waals surface area contributed by atoms with Gasteiger partial charge in [0.2, 0.25) is 0 Å². The van der Waals surface area contributed by atoms with Crippen molar-refractivity contribution in [3.8, 4) is 0 Å². The van der Waals surface area contributed by atoms with Crippen molar-refractivity contribution in [2.45, 2.75) is 66.2 Å². The lowest BCUT2D eigenvalue weighted by atomic mass is 10.1. The Balaban J connectivity index is 1.54. The van der Waals surface area contributed by atoms with Gasteiger partial charge in [-0.1, -0.05) is 87.4 Å². The van der Waals surface area contributed by atoms with E-state index in [1.54, 1.807) is 0 Å². The first kappa shape index (κ1) is 29.2. The van der Waals surface area contributed by atoms with E-state index >= 15 is 0 Å². The molecule has 0 saturated heterocycles. The molecule has 5 aromatic rings. The van der Waals surface area contributed by atoms with Crippen molar-refractivity contribution >= 4 is 34.1 Å². The van der Waals surface area contributed by atoms with Crippen molar-refractivity contribution in [2.24, 2.45) is 0 Å². The summed E-state index contributed by atoms with van der Waals surface area (Å²) in [5.41, 5.74) is 12.3. The lowest BCUT2D eigenvalue weighted by Gasteiger charge is -2.30. The first-order valence-electron chi connectivity index (χ1n) is 15.6. The van der Waals surface area contributed by atoms with E-state index in [-0.39, 0.29) is 0 Å². The number of anilines is 6. The summed E-state index contributed by atoms with van der Waals surface area (Å²) in [6, 6.07) is 44.5. The monoisotopic (exact) mass is 552 g/mol. The van der Waals surface area contributed by atoms with Gasteiger partial charge in [0.05, 0.1) is 0 Å². The third kappa shape index (κ3) is 6.77. The van der Waals surface area contributed by atoms with Gasteiger partial charge in [0, 0.05) is 34.1 Å². The lowest BCUT2D eigenvalue weighted by molar-refractivity contribution is 0.795. The largest absolute Gasteiger partial charge is 0.310 e. The molecule has 2 heteroatoms. The summed E-state index contributed by atoms with van der Waals surface area (Å²) in [5.74, 6) is 0. The van der Waals surface area contributed by atoms with Gasteiger partial charge in [-0.05, 0) is 122 Å². The molecule has 0 bridgehead atoms. The van der Waals surface area contributed by atoms with Crippen LogP contribution in [0.3, 0.4) is 0 Å². The van der Waals surface area contributed by atoms with Crippen molar-refractivity contribution in [1.29, 1.82) is 0 Å². The van der Waals surface area contributed by atoms with Gasteiger partial charge in [-0.3, -0.25) is 0 Å². The van der Waals surface area contributed by atoms with E-state index in [9.17, 15) is 0 Å². The molecule has 0 aliphatic rings. The molecule has 214 valence electrons. The summed E-state index contributed by atoms with van der Waals surface area (Å²) in [4.78, 5) is 4.76. The normalized spacial score (nSPS) is 11.0. The topological polar surface area (TPSA) is 6.48 Å². The summed E-state index contributed by atoms with van der Waals surface area (Å²) in [6.07, 6.45) is 7.13. The van der Waals surface area contributed by atoms with Crippen LogP contribution < -0.4 is 9.80 Å². The molecule has 2 nitrogen and oxygen atoms in total. The minimum atomic E-state index is 1.13. The second-order valence-electron chi connectivity index (χ2n) is 11.3. The Morgan fingerprint density at radius 2 is 0.714 bits per heavy atom. The molecule has 0 unspecified atom stereocenters. The van der Waals surface area contributed by atoms with E-state index in [0.717, 1.165) is 24.2 Å². The molecule has 0 heterocycles. The van der Waals surface area contributed by atoms with E-state index in [0.29, 0.717) is 0 Å². The van der Waals surface area contributed by atoms with Crippen molar-refractivity contribution in [1.82, 2.24) is 0 Å². The lowest BCUT2D eigenvalue weighted by Crippen LogP contribution is -2.13. The molecule has 42 heavy (non-hydrogen) atoms. The van der Waals surface area contributed by atoms with Crippen LogP contribution in [0.15, 0.2) is 121 Å². The van der Waals surface area contributed by atoms with Gasteiger partial charge >= 0.3 is 0 Å². The summed E-state index contributed by atoms with van der Waals surface area (Å²) >= 11 is 0. The Bertz CT molecular complexity index is 1430. The van der Waals surface area contributed by atoms with E-state index in [1.165, 1.54) is 70.7 Å². The Kier molecular flexibility index (Phi) is 9.77. The first-order valence-corrected chi connectivity index (χ1v) is 15.6. The van der Waals surface area contributed by atoms with E-state index < -0.39 is 0 Å². The number of rotatable bonds is 12. The zero-order valence-corrected chi connectivity index (χ0v) is 25.7. The average Bonchev–Trinajstić information content (AvgIpc) is 3.03. The molecule has 0 aliphatic heterocycles. The highest BCUT2D eigenvalue weighted by molar-refractivity contribution is 5.82. The van der Waals surface area contributed by atoms with Crippen molar-refractivity contribution in [3.63, 3.8) is 0 Å². The molecule has 0 fully saturated rings. The van der Waals surface area contributed by atoms with Crippen LogP contribution in [0, 0.1) is 13.8 Å². The predicted octanol–water partition coefficient (Wildman–Crippen LogP) is 11.9. The highest BCUT2D eigenvalue weighted by Crippen LogP contribution is 2.40. The molecule has 0 aliphatic carbocycles. The molecule has 0 amide bonds. The van der Waals surface area contributed by atoms with E-state index in [4.69, 9.17) is 0 Å². The fourth-order valence-corrected chi connectivity index (χ4v) is 5.62. The molecule has 0 N–H and O–H groups in total. The molecule has 0 atom stereocenters. The van der Waals surface area contributed by atoms with Gasteiger partial charge < -0.3 is 9.80 Å². The van der Waals surface area contributed by atoms with Crippen LogP contribution in [0.5, 0.6) is 0 Å². The zero-order chi connectivity index (χ0) is 29.3. The maximum Gasteiger partial charge on any atom is 0.0490 e. The Labute approximate surface area is 253 Å². The van der Waals surface area contributed by atoms with Gasteiger partial charge in [0.1, 0.15) is 0 Å². The summed E-state index contributed by atoms with van der Waals surface area (Å²) in [5, 5.41) is 0. The number of para-hydroxylation sites is 2. The second-order valence-corrected chi connectivity index (χ2v) is 11.3. The molecule has 5 aromatic carbocycles. The minimum absolute atomic E-state index is 1.13. The first-order chi connectivity index (χ1) is 20.6. The SMILES string of the molecule is CCCCc1ccc(N(c2ccc(N(c3ccc(CCCC)cc3)c3ccccc3C)cc2)c2ccccc2C)cc1. The van der Waals surface area contributed by atoms with Gasteiger partial charge in [0.25, 0.3) is 0 Å². The quantitative estimate of drug-likeness (QED) is 0.152. The van der Waals surface area contributed by atoms with Crippen LogP contribution >= 0.6 is 0 Å². The van der Waals surface area contributed by atoms with Gasteiger partial charge in [0.15, 0.2) is 0 Å². The van der Waals surface area contributed by atoms with E-state index in [2.05, 4.69) is 159 Å². The number of aryl methyl sites for hydroxylation is 4. The van der Waals surface area contributed by atoms with Crippen LogP contribution in [0.2, 0.25) is 0 Å². The van der Waals surface area contributed by atoms with Crippen LogP contribution in [-0.4, -0.2) is 0 Å². The summed E-state index contributed by atoms with van der Waals surface area (Å²) in [6.45, 7) is 8.88. The highest BCUT2D eigenvalue weighted by atomic mass is 15.2. The standard InChI is InChI=1S/C40H44N2/c1-5-7-15-33-19-23-35(24-20-33)41(39-17-11-9-13-31(39)3)37-27-29-38(30-28-37)42(40-18-12-10-14-32(40)4)36-25-21-34(22-26-36)16-8-6-2/h9-14,17-30H,5-8,15-16H2,1-4H3. The third-order valence-electron chi connectivity index (χ3n) is 8.11. The van der Waals surface area contributed by atoms with Gasteiger partial charge in [-0.25, -0.2) is 0 Å². The van der Waals surface area contributed by atoms with Crippen molar-refractivity contribution in [3.05, 3.63) is 144 Å². The Morgan fingerprint density at radius 3 is 1.02 bits per heavy atom. The number of hydrogen-bond donors (Lipinski definition) is 0. The van der Waals surface area contributed by atoms with Crippen LogP contribution in [-0.2, 0) is 12.8 Å². The highest BCUT2D eigenvalue weighted by Gasteiger charge is 2.18. The Hall–Kier alpha value is -4.30. The summed E-state index contributed by atoms with van der Waals surface area (Å²) in [7, 11) is 0. The van der Waals surface area contributed by atoms with Crippen molar-refractivity contribution in [2.75, 3.05) is 9.80 Å². The van der Waals surface area contributed by atoms with E-state index in [1.807, 2.05) is 0 Å². The molecule has 5 rings (SSSR count). The third-order valence-corrected chi connectivity index (χ3v) is 8.11. The van der Waals surface area contributed by atoms with Crippen LogP contribution in [0.4, 0.5) is 34.1 Å². The van der Waals surface area contributed by atoms with Crippen LogP contribution in [0.25, 0.3) is 0 Å². The predicted molar refractivity (Wildman–Crippen MR) is 183 cm³/mol. The minimum Gasteiger partial charge on any atom is -0.310 e. The second kappa shape index (κ2) is 14.0. The smallest absolute Gasteiger partial charge is 0.0490 e. The Morgan fingerprint density at radius 1 is 0.405 bits per heavy atom.